The zero-order valence-electron chi connectivity index (χ0n) is 12.1. The lowest BCUT2D eigenvalue weighted by molar-refractivity contribution is 0.0286. The molecule has 1 saturated heterocycles. The average molecular weight is 256 g/mol. The first-order valence-electron chi connectivity index (χ1n) is 7.76. The second kappa shape index (κ2) is 6.33. The maximum atomic E-state index is 12.5. The van der Waals surface area contributed by atoms with Crippen LogP contribution in [-0.4, -0.2) is 42.8 Å². The van der Waals surface area contributed by atoms with E-state index >= 15 is 0 Å². The highest BCUT2D eigenvalue weighted by Gasteiger charge is 2.43. The Labute approximate surface area is 111 Å². The summed E-state index contributed by atoms with van der Waals surface area (Å²) in [7, 11) is 0. The van der Waals surface area contributed by atoms with Gasteiger partial charge < -0.3 is 5.32 Å². The third-order valence-electron chi connectivity index (χ3n) is 5.21. The summed E-state index contributed by atoms with van der Waals surface area (Å²) in [6, 6.07) is 0.598. The summed E-state index contributed by atoms with van der Waals surface area (Å²) in [5, 5.41) is 3.77. The molecule has 1 aliphatic heterocycles. The molecule has 0 aromatic heterocycles. The fourth-order valence-corrected chi connectivity index (χ4v) is 3.70. The fourth-order valence-electron chi connectivity index (χ4n) is 3.70. The molecule has 2 nitrogen and oxygen atoms in total. The molecule has 1 aliphatic carbocycles. The first-order valence-corrected chi connectivity index (χ1v) is 7.76. The number of piperazine rings is 1. The van der Waals surface area contributed by atoms with E-state index < -0.39 is 0 Å². The Hall–Kier alpha value is -0.150. The van der Waals surface area contributed by atoms with Crippen LogP contribution in [0.25, 0.3) is 0 Å². The molecule has 2 rings (SSSR count). The van der Waals surface area contributed by atoms with Crippen molar-refractivity contribution in [1.29, 1.82) is 0 Å². The van der Waals surface area contributed by atoms with Crippen LogP contribution in [0.1, 0.15) is 52.4 Å². The molecule has 2 atom stereocenters. The number of nitrogens with one attached hydrogen (secondary N) is 1. The van der Waals surface area contributed by atoms with Crippen molar-refractivity contribution in [2.45, 2.75) is 64.0 Å². The highest BCUT2D eigenvalue weighted by Crippen LogP contribution is 2.37. The van der Waals surface area contributed by atoms with Crippen molar-refractivity contribution in [3.63, 3.8) is 0 Å². The minimum Gasteiger partial charge on any atom is -0.311 e. The summed E-state index contributed by atoms with van der Waals surface area (Å²) in [5.74, 6) is 0.719. The molecule has 2 unspecified atom stereocenters. The van der Waals surface area contributed by atoms with Gasteiger partial charge in [0.05, 0.1) is 6.67 Å². The number of hydrogen-bond acceptors (Lipinski definition) is 2. The summed E-state index contributed by atoms with van der Waals surface area (Å²) in [5.41, 5.74) is 0.360. The van der Waals surface area contributed by atoms with Crippen LogP contribution < -0.4 is 5.32 Å². The Morgan fingerprint density at radius 3 is 2.72 bits per heavy atom. The highest BCUT2D eigenvalue weighted by atomic mass is 19.1. The number of hydrogen-bond donors (Lipinski definition) is 1. The normalized spacial score (nSPS) is 29.8. The van der Waals surface area contributed by atoms with E-state index in [1.54, 1.807) is 0 Å². The van der Waals surface area contributed by atoms with Crippen molar-refractivity contribution in [3.8, 4) is 0 Å². The predicted molar refractivity (Wildman–Crippen MR) is 74.6 cm³/mol. The van der Waals surface area contributed by atoms with Crippen molar-refractivity contribution in [2.24, 2.45) is 5.92 Å². The lowest BCUT2D eigenvalue weighted by Gasteiger charge is -2.49. The Morgan fingerprint density at radius 2 is 2.11 bits per heavy atom. The standard InChI is InChI=1S/C15H29FN2/c1-3-13(2)14-11-18(10-6-9-16)15(12-17-14)7-4-5-8-15/h13-14,17H,3-12H2,1-2H3. The SMILES string of the molecule is CCC(C)C1CN(CCCF)C2(CCCC2)CN1. The number of alkyl halides is 1. The molecule has 1 spiro atoms. The molecule has 0 bridgehead atoms. The molecular weight excluding hydrogens is 227 g/mol. The Kier molecular flexibility index (Phi) is 5.02. The largest absolute Gasteiger partial charge is 0.311 e. The Morgan fingerprint density at radius 1 is 1.39 bits per heavy atom. The van der Waals surface area contributed by atoms with E-state index in [-0.39, 0.29) is 6.67 Å². The van der Waals surface area contributed by atoms with Crippen molar-refractivity contribution in [3.05, 3.63) is 0 Å². The summed E-state index contributed by atoms with van der Waals surface area (Å²) in [4.78, 5) is 2.62. The fraction of sp³-hybridized carbons (Fsp3) is 1.00. The number of nitrogens with zero attached hydrogens (tertiary/aromatic N) is 1. The highest BCUT2D eigenvalue weighted by molar-refractivity contribution is 5.02. The zero-order valence-corrected chi connectivity index (χ0v) is 12.1. The van der Waals surface area contributed by atoms with Gasteiger partial charge in [0.2, 0.25) is 0 Å². The maximum absolute atomic E-state index is 12.5. The van der Waals surface area contributed by atoms with Crippen molar-refractivity contribution in [1.82, 2.24) is 10.2 Å². The number of halogens is 1. The lowest BCUT2D eigenvalue weighted by Crippen LogP contribution is -2.64. The second-order valence-corrected chi connectivity index (χ2v) is 6.29. The van der Waals surface area contributed by atoms with Gasteiger partial charge in [-0.2, -0.15) is 0 Å². The van der Waals surface area contributed by atoms with Gasteiger partial charge in [0.25, 0.3) is 0 Å². The van der Waals surface area contributed by atoms with Gasteiger partial charge in [-0.15, -0.1) is 0 Å². The van der Waals surface area contributed by atoms with Gasteiger partial charge >= 0.3 is 0 Å². The topological polar surface area (TPSA) is 15.3 Å². The first-order chi connectivity index (χ1) is 8.72. The third-order valence-corrected chi connectivity index (χ3v) is 5.21. The van der Waals surface area contributed by atoms with Crippen LogP contribution in [0.15, 0.2) is 0 Å². The molecule has 0 radical (unpaired) electrons. The van der Waals surface area contributed by atoms with Crippen molar-refractivity contribution < 1.29 is 4.39 Å². The molecule has 0 aromatic carbocycles. The van der Waals surface area contributed by atoms with Gasteiger partial charge in [-0.25, -0.2) is 0 Å². The Bertz CT molecular complexity index is 251. The smallest absolute Gasteiger partial charge is 0.0906 e. The lowest BCUT2D eigenvalue weighted by atomic mass is 9.87. The van der Waals surface area contributed by atoms with Gasteiger partial charge in [-0.3, -0.25) is 9.29 Å². The molecule has 1 saturated carbocycles. The molecule has 3 heteroatoms. The molecule has 0 amide bonds. The predicted octanol–water partition coefficient (Wildman–Crippen LogP) is 2.98. The van der Waals surface area contributed by atoms with E-state index in [4.69, 9.17) is 0 Å². The van der Waals surface area contributed by atoms with Gasteiger partial charge in [0, 0.05) is 31.2 Å². The second-order valence-electron chi connectivity index (χ2n) is 6.29. The number of rotatable bonds is 5. The molecule has 0 aromatic rings. The van der Waals surface area contributed by atoms with E-state index in [9.17, 15) is 4.39 Å². The minimum absolute atomic E-state index is 0.173. The minimum atomic E-state index is -0.173. The van der Waals surface area contributed by atoms with Crippen molar-refractivity contribution >= 4 is 0 Å². The Balaban J connectivity index is 2.00. The van der Waals surface area contributed by atoms with Crippen LogP contribution in [0.2, 0.25) is 0 Å². The van der Waals surface area contributed by atoms with Crippen LogP contribution in [0, 0.1) is 5.92 Å². The van der Waals surface area contributed by atoms with E-state index in [2.05, 4.69) is 24.1 Å². The third kappa shape index (κ3) is 2.88. The van der Waals surface area contributed by atoms with Crippen molar-refractivity contribution in [2.75, 3.05) is 26.3 Å². The molecule has 2 aliphatic rings. The van der Waals surface area contributed by atoms with E-state index in [1.807, 2.05) is 0 Å². The maximum Gasteiger partial charge on any atom is 0.0906 e. The quantitative estimate of drug-likeness (QED) is 0.813. The first kappa shape index (κ1) is 14.3. The summed E-state index contributed by atoms with van der Waals surface area (Å²) in [6.07, 6.45) is 7.24. The van der Waals surface area contributed by atoms with Crippen LogP contribution in [0.3, 0.4) is 0 Å². The molecule has 2 fully saturated rings. The van der Waals surface area contributed by atoms with Gasteiger partial charge in [-0.05, 0) is 25.2 Å². The average Bonchev–Trinajstić information content (AvgIpc) is 2.86. The van der Waals surface area contributed by atoms with E-state index in [1.165, 1.54) is 32.1 Å². The summed E-state index contributed by atoms with van der Waals surface area (Å²) >= 11 is 0. The summed E-state index contributed by atoms with van der Waals surface area (Å²) in [6.45, 7) is 7.61. The monoisotopic (exact) mass is 256 g/mol. The van der Waals surface area contributed by atoms with E-state index in [0.29, 0.717) is 18.0 Å². The van der Waals surface area contributed by atoms with Crippen LogP contribution >= 0.6 is 0 Å². The van der Waals surface area contributed by atoms with Crippen LogP contribution in [-0.2, 0) is 0 Å². The van der Waals surface area contributed by atoms with Gasteiger partial charge in [0.1, 0.15) is 0 Å². The van der Waals surface area contributed by atoms with Gasteiger partial charge in [-0.1, -0.05) is 33.1 Å². The molecule has 1 heterocycles. The zero-order chi connectivity index (χ0) is 13.0. The molecule has 1 N–H and O–H groups in total. The molecule has 18 heavy (non-hydrogen) atoms. The summed E-state index contributed by atoms with van der Waals surface area (Å²) < 4.78 is 12.5. The van der Waals surface area contributed by atoms with Gasteiger partial charge in [0.15, 0.2) is 0 Å². The molecule has 106 valence electrons. The van der Waals surface area contributed by atoms with E-state index in [0.717, 1.165) is 25.6 Å². The van der Waals surface area contributed by atoms with Crippen LogP contribution in [0.5, 0.6) is 0 Å². The molecular formula is C15H29FN2. The van der Waals surface area contributed by atoms with Crippen LogP contribution in [0.4, 0.5) is 4.39 Å².